The summed E-state index contributed by atoms with van der Waals surface area (Å²) in [6, 6.07) is 12.9. The maximum absolute atomic E-state index is 5.95. The monoisotopic (exact) mass is 325 g/mol. The van der Waals surface area contributed by atoms with Gasteiger partial charge in [0.1, 0.15) is 0 Å². The Morgan fingerprint density at radius 3 is 2.74 bits per heavy atom. The number of hydrogen-bond donors (Lipinski definition) is 0. The SMILES string of the molecule is CC(c1nnc(-c2ccccc2)o1)N(Cc1ccsc1)C1CC1. The van der Waals surface area contributed by atoms with Gasteiger partial charge < -0.3 is 4.42 Å². The number of aromatic nitrogens is 2. The largest absolute Gasteiger partial charge is 0.419 e. The quantitative estimate of drug-likeness (QED) is 0.668. The topological polar surface area (TPSA) is 42.2 Å². The Morgan fingerprint density at radius 2 is 2.04 bits per heavy atom. The Hall–Kier alpha value is -1.98. The van der Waals surface area contributed by atoms with Crippen LogP contribution in [0.4, 0.5) is 0 Å². The molecule has 3 aromatic rings. The molecule has 0 radical (unpaired) electrons. The lowest BCUT2D eigenvalue weighted by atomic mass is 10.2. The van der Waals surface area contributed by atoms with Crippen molar-refractivity contribution in [2.45, 2.75) is 38.4 Å². The molecule has 0 aliphatic heterocycles. The molecule has 1 unspecified atom stereocenters. The van der Waals surface area contributed by atoms with Crippen LogP contribution < -0.4 is 0 Å². The van der Waals surface area contributed by atoms with Gasteiger partial charge in [0, 0.05) is 18.2 Å². The third kappa shape index (κ3) is 3.21. The van der Waals surface area contributed by atoms with Gasteiger partial charge in [-0.3, -0.25) is 4.90 Å². The van der Waals surface area contributed by atoms with Crippen molar-refractivity contribution in [1.82, 2.24) is 15.1 Å². The van der Waals surface area contributed by atoms with Gasteiger partial charge in [0.05, 0.1) is 6.04 Å². The van der Waals surface area contributed by atoms with Crippen molar-refractivity contribution in [3.8, 4) is 11.5 Å². The standard InChI is InChI=1S/C18H19N3OS/c1-13(21(16-7-8-16)11-14-9-10-23-12-14)17-19-20-18(22-17)15-5-3-2-4-6-15/h2-6,9-10,12-13,16H,7-8,11H2,1H3. The summed E-state index contributed by atoms with van der Waals surface area (Å²) in [5, 5.41) is 12.9. The van der Waals surface area contributed by atoms with Crippen molar-refractivity contribution in [3.63, 3.8) is 0 Å². The first-order valence-corrected chi connectivity index (χ1v) is 8.91. The molecule has 23 heavy (non-hydrogen) atoms. The molecule has 0 bridgehead atoms. The van der Waals surface area contributed by atoms with Gasteiger partial charge >= 0.3 is 0 Å². The van der Waals surface area contributed by atoms with Gasteiger partial charge in [0.2, 0.25) is 11.8 Å². The van der Waals surface area contributed by atoms with E-state index in [9.17, 15) is 0 Å². The fraction of sp³-hybridized carbons (Fsp3) is 0.333. The predicted octanol–water partition coefficient (Wildman–Crippen LogP) is 4.52. The molecule has 0 spiro atoms. The van der Waals surface area contributed by atoms with Gasteiger partial charge in [-0.15, -0.1) is 10.2 Å². The third-order valence-corrected chi connectivity index (χ3v) is 5.01. The van der Waals surface area contributed by atoms with Crippen LogP contribution in [0.1, 0.15) is 37.3 Å². The van der Waals surface area contributed by atoms with E-state index in [2.05, 4.69) is 38.8 Å². The van der Waals surface area contributed by atoms with E-state index in [0.29, 0.717) is 17.8 Å². The molecule has 1 aliphatic rings. The summed E-state index contributed by atoms with van der Waals surface area (Å²) in [5.74, 6) is 1.30. The van der Waals surface area contributed by atoms with E-state index in [1.807, 2.05) is 30.3 Å². The summed E-state index contributed by atoms with van der Waals surface area (Å²) in [6.45, 7) is 3.10. The fourth-order valence-electron chi connectivity index (χ4n) is 2.82. The maximum Gasteiger partial charge on any atom is 0.247 e. The minimum Gasteiger partial charge on any atom is -0.419 e. The zero-order valence-electron chi connectivity index (χ0n) is 13.1. The Morgan fingerprint density at radius 1 is 1.22 bits per heavy atom. The summed E-state index contributed by atoms with van der Waals surface area (Å²) < 4.78 is 5.95. The molecule has 1 aliphatic carbocycles. The molecule has 4 nitrogen and oxygen atoms in total. The smallest absolute Gasteiger partial charge is 0.247 e. The van der Waals surface area contributed by atoms with Crippen LogP contribution in [-0.2, 0) is 6.54 Å². The van der Waals surface area contributed by atoms with Crippen molar-refractivity contribution in [2.75, 3.05) is 0 Å². The van der Waals surface area contributed by atoms with E-state index in [-0.39, 0.29) is 6.04 Å². The molecule has 0 N–H and O–H groups in total. The molecule has 118 valence electrons. The van der Waals surface area contributed by atoms with E-state index in [1.165, 1.54) is 18.4 Å². The first kappa shape index (κ1) is 14.6. The highest BCUT2D eigenvalue weighted by Crippen LogP contribution is 2.36. The van der Waals surface area contributed by atoms with Crippen LogP contribution >= 0.6 is 11.3 Å². The zero-order chi connectivity index (χ0) is 15.6. The van der Waals surface area contributed by atoms with Crippen molar-refractivity contribution in [3.05, 3.63) is 58.6 Å². The van der Waals surface area contributed by atoms with E-state index in [4.69, 9.17) is 4.42 Å². The first-order valence-electron chi connectivity index (χ1n) is 7.97. The van der Waals surface area contributed by atoms with Gasteiger partial charge in [-0.05, 0) is 54.3 Å². The summed E-state index contributed by atoms with van der Waals surface area (Å²) in [5.41, 5.74) is 2.32. The average molecular weight is 325 g/mol. The molecule has 1 atom stereocenters. The van der Waals surface area contributed by atoms with Crippen LogP contribution in [0.2, 0.25) is 0 Å². The van der Waals surface area contributed by atoms with E-state index in [1.54, 1.807) is 11.3 Å². The molecule has 4 rings (SSSR count). The summed E-state index contributed by atoms with van der Waals surface area (Å²) in [4.78, 5) is 2.48. The van der Waals surface area contributed by atoms with E-state index in [0.717, 1.165) is 12.1 Å². The summed E-state index contributed by atoms with van der Waals surface area (Å²) in [6.07, 6.45) is 2.52. The third-order valence-electron chi connectivity index (χ3n) is 4.28. The van der Waals surface area contributed by atoms with Crippen LogP contribution in [-0.4, -0.2) is 21.1 Å². The van der Waals surface area contributed by atoms with Crippen molar-refractivity contribution in [2.24, 2.45) is 0 Å². The predicted molar refractivity (Wildman–Crippen MR) is 91.0 cm³/mol. The molecule has 2 aromatic heterocycles. The number of rotatable bonds is 6. The number of thiophene rings is 1. The molecule has 1 fully saturated rings. The van der Waals surface area contributed by atoms with Crippen LogP contribution in [0.3, 0.4) is 0 Å². The Labute approximate surface area is 139 Å². The highest BCUT2D eigenvalue weighted by molar-refractivity contribution is 7.07. The zero-order valence-corrected chi connectivity index (χ0v) is 13.9. The molecule has 0 saturated heterocycles. The lowest BCUT2D eigenvalue weighted by Crippen LogP contribution is -2.28. The van der Waals surface area contributed by atoms with Gasteiger partial charge in [-0.1, -0.05) is 18.2 Å². The molecule has 0 amide bonds. The Bertz CT molecular complexity index is 750. The van der Waals surface area contributed by atoms with Crippen LogP contribution in [0.15, 0.2) is 51.6 Å². The normalized spacial score (nSPS) is 15.9. The van der Waals surface area contributed by atoms with Crippen molar-refractivity contribution in [1.29, 1.82) is 0 Å². The minimum absolute atomic E-state index is 0.132. The summed E-state index contributed by atoms with van der Waals surface area (Å²) >= 11 is 1.74. The number of hydrogen-bond acceptors (Lipinski definition) is 5. The van der Waals surface area contributed by atoms with Crippen LogP contribution in [0, 0.1) is 0 Å². The maximum atomic E-state index is 5.95. The first-order chi connectivity index (χ1) is 11.3. The lowest BCUT2D eigenvalue weighted by molar-refractivity contribution is 0.165. The van der Waals surface area contributed by atoms with E-state index >= 15 is 0 Å². The molecule has 5 heteroatoms. The second-order valence-electron chi connectivity index (χ2n) is 6.02. The molecule has 2 heterocycles. The second kappa shape index (κ2) is 6.26. The van der Waals surface area contributed by atoms with Gasteiger partial charge in [0.25, 0.3) is 0 Å². The van der Waals surface area contributed by atoms with Crippen LogP contribution in [0.25, 0.3) is 11.5 Å². The van der Waals surface area contributed by atoms with Crippen molar-refractivity contribution < 1.29 is 4.42 Å². The van der Waals surface area contributed by atoms with Gasteiger partial charge in [-0.2, -0.15) is 11.3 Å². The molecule has 1 aromatic carbocycles. The molecular formula is C18H19N3OS. The van der Waals surface area contributed by atoms with Crippen molar-refractivity contribution >= 4 is 11.3 Å². The Kier molecular flexibility index (Phi) is 3.97. The van der Waals surface area contributed by atoms with Crippen LogP contribution in [0.5, 0.6) is 0 Å². The average Bonchev–Trinajstić information content (AvgIpc) is 3.10. The van der Waals surface area contributed by atoms with Gasteiger partial charge in [-0.25, -0.2) is 0 Å². The molecular weight excluding hydrogens is 306 g/mol. The van der Waals surface area contributed by atoms with Gasteiger partial charge in [0.15, 0.2) is 0 Å². The Balaban J connectivity index is 1.55. The fourth-order valence-corrected chi connectivity index (χ4v) is 3.48. The second-order valence-corrected chi connectivity index (χ2v) is 6.80. The number of nitrogens with zero attached hydrogens (tertiary/aromatic N) is 3. The van der Waals surface area contributed by atoms with E-state index < -0.39 is 0 Å². The molecule has 1 saturated carbocycles. The number of benzene rings is 1. The summed E-state index contributed by atoms with van der Waals surface area (Å²) in [7, 11) is 0. The highest BCUT2D eigenvalue weighted by Gasteiger charge is 2.35. The highest BCUT2D eigenvalue weighted by atomic mass is 32.1. The minimum atomic E-state index is 0.132. The lowest BCUT2D eigenvalue weighted by Gasteiger charge is -2.26.